The number of halogens is 3. The molecule has 0 radical (unpaired) electrons. The van der Waals surface area contributed by atoms with Gasteiger partial charge in [0.2, 0.25) is 0 Å². The van der Waals surface area contributed by atoms with Crippen molar-refractivity contribution in [1.29, 1.82) is 0 Å². The van der Waals surface area contributed by atoms with Gasteiger partial charge >= 0.3 is 12.1 Å². The minimum atomic E-state index is -4.58. The van der Waals surface area contributed by atoms with Gasteiger partial charge in [-0.3, -0.25) is 14.0 Å². The zero-order valence-corrected chi connectivity index (χ0v) is 18.3. The fraction of sp³-hybridized carbons (Fsp3) is 0.625. The Morgan fingerprint density at radius 3 is 2.36 bits per heavy atom. The number of imidazole rings is 1. The highest BCUT2D eigenvalue weighted by Gasteiger charge is 2.50. The Morgan fingerprint density at radius 1 is 1.15 bits per heavy atom. The molecule has 2 aromatic rings. The highest BCUT2D eigenvalue weighted by molar-refractivity contribution is 5.93. The van der Waals surface area contributed by atoms with Crippen LogP contribution in [0.25, 0.3) is 5.65 Å². The third-order valence-electron chi connectivity index (χ3n) is 7.85. The van der Waals surface area contributed by atoms with Gasteiger partial charge in [-0.25, -0.2) is 4.98 Å². The van der Waals surface area contributed by atoms with Crippen LogP contribution in [0.2, 0.25) is 0 Å². The first-order chi connectivity index (χ1) is 15.6. The van der Waals surface area contributed by atoms with Crippen LogP contribution in [-0.4, -0.2) is 39.1 Å². The lowest BCUT2D eigenvalue weighted by molar-refractivity contribution is -0.163. The summed E-state index contributed by atoms with van der Waals surface area (Å²) in [4.78, 5) is 28.7. The summed E-state index contributed by atoms with van der Waals surface area (Å²) in [5.74, 6) is -1.03. The molecule has 6 nitrogen and oxygen atoms in total. The normalized spacial score (nSPS) is 29.4. The number of hydrogen-bond donors (Lipinski definition) is 2. The smallest absolute Gasteiger partial charge is 0.389 e. The van der Waals surface area contributed by atoms with Gasteiger partial charge in [-0.15, -0.1) is 0 Å². The first-order valence-corrected chi connectivity index (χ1v) is 11.6. The number of carboxylic acid groups (broad SMARTS) is 1. The van der Waals surface area contributed by atoms with Gasteiger partial charge < -0.3 is 10.4 Å². The van der Waals surface area contributed by atoms with Crippen molar-refractivity contribution >= 4 is 17.5 Å². The van der Waals surface area contributed by atoms with E-state index in [0.717, 1.165) is 17.8 Å². The highest BCUT2D eigenvalue weighted by Crippen LogP contribution is 2.59. The van der Waals surface area contributed by atoms with E-state index in [9.17, 15) is 27.9 Å². The Morgan fingerprint density at radius 2 is 1.79 bits per heavy atom. The van der Waals surface area contributed by atoms with Gasteiger partial charge in [0.1, 0.15) is 11.3 Å². The first-order valence-electron chi connectivity index (χ1n) is 11.6. The molecular weight excluding hydrogens is 435 g/mol. The minimum absolute atomic E-state index is 0.185. The molecule has 4 fully saturated rings. The van der Waals surface area contributed by atoms with E-state index in [1.54, 1.807) is 18.2 Å². The highest BCUT2D eigenvalue weighted by atomic mass is 19.4. The number of nitrogens with zero attached hydrogens (tertiary/aromatic N) is 2. The average Bonchev–Trinajstić information content (AvgIpc) is 3.12. The Hall–Kier alpha value is -2.58. The van der Waals surface area contributed by atoms with Crippen LogP contribution >= 0.6 is 0 Å². The fourth-order valence-electron chi connectivity index (χ4n) is 6.99. The largest absolute Gasteiger partial charge is 0.481 e. The number of carbonyl (C=O) groups is 2. The molecule has 2 N–H and O–H groups in total. The van der Waals surface area contributed by atoms with Crippen molar-refractivity contribution in [2.75, 3.05) is 6.54 Å². The third-order valence-corrected chi connectivity index (χ3v) is 7.85. The Labute approximate surface area is 189 Å². The van der Waals surface area contributed by atoms with E-state index in [1.807, 2.05) is 0 Å². The molecule has 1 unspecified atom stereocenters. The van der Waals surface area contributed by atoms with E-state index >= 15 is 0 Å². The van der Waals surface area contributed by atoms with Gasteiger partial charge in [0.25, 0.3) is 5.91 Å². The minimum Gasteiger partial charge on any atom is -0.481 e. The molecule has 6 rings (SSSR count). The molecule has 2 aromatic heterocycles. The van der Waals surface area contributed by atoms with Gasteiger partial charge in [-0.05, 0) is 73.8 Å². The number of amides is 1. The van der Waals surface area contributed by atoms with E-state index in [1.165, 1.54) is 49.1 Å². The van der Waals surface area contributed by atoms with Crippen molar-refractivity contribution in [3.8, 4) is 0 Å². The molecule has 0 saturated heterocycles. The van der Waals surface area contributed by atoms with Gasteiger partial charge in [0.05, 0.1) is 18.0 Å². The number of aromatic nitrogens is 2. The molecule has 0 aliphatic heterocycles. The second-order valence-electron chi connectivity index (χ2n) is 10.5. The predicted octanol–water partition coefficient (Wildman–Crippen LogP) is 4.48. The lowest BCUT2D eigenvalue weighted by Gasteiger charge is -2.56. The van der Waals surface area contributed by atoms with Crippen molar-refractivity contribution in [2.45, 2.75) is 57.5 Å². The molecular formula is C24H28F3N3O3. The molecule has 1 atom stereocenters. The van der Waals surface area contributed by atoms with E-state index in [2.05, 4.69) is 10.3 Å². The molecule has 4 aliphatic carbocycles. The zero-order chi connectivity index (χ0) is 23.4. The van der Waals surface area contributed by atoms with E-state index in [0.29, 0.717) is 17.9 Å². The molecule has 4 aliphatic rings. The van der Waals surface area contributed by atoms with Crippen molar-refractivity contribution in [3.05, 3.63) is 35.8 Å². The predicted molar refractivity (Wildman–Crippen MR) is 114 cm³/mol. The average molecular weight is 464 g/mol. The Kier molecular flexibility index (Phi) is 5.40. The summed E-state index contributed by atoms with van der Waals surface area (Å²) in [7, 11) is 0. The maximum atomic E-state index is 13.1. The SMILES string of the molecule is O=C(NCC12CC3CC(CC(C3)C1)C2)c1cccc2nc(CC(CC(F)(F)F)C(=O)O)cn12. The third kappa shape index (κ3) is 4.59. The molecule has 2 heterocycles. The molecule has 9 heteroatoms. The first kappa shape index (κ1) is 22.2. The number of carbonyl (C=O) groups excluding carboxylic acids is 1. The molecule has 1 amide bonds. The number of pyridine rings is 1. The number of aliphatic carboxylic acids is 1. The Balaban J connectivity index is 1.31. The maximum absolute atomic E-state index is 13.1. The summed E-state index contributed by atoms with van der Waals surface area (Å²) in [6.07, 6.45) is 2.63. The summed E-state index contributed by atoms with van der Waals surface area (Å²) >= 11 is 0. The summed E-state index contributed by atoms with van der Waals surface area (Å²) in [5.41, 5.74) is 1.15. The van der Waals surface area contributed by atoms with E-state index < -0.39 is 24.5 Å². The second kappa shape index (κ2) is 8.02. The summed E-state index contributed by atoms with van der Waals surface area (Å²) in [6.45, 7) is 0.639. The van der Waals surface area contributed by atoms with Crippen LogP contribution in [0.15, 0.2) is 24.4 Å². The van der Waals surface area contributed by atoms with Crippen molar-refractivity contribution < 1.29 is 27.9 Å². The number of hydrogen-bond acceptors (Lipinski definition) is 3. The number of fused-ring (bicyclic) bond motifs is 1. The molecule has 0 spiro atoms. The lowest BCUT2D eigenvalue weighted by atomic mass is 9.49. The van der Waals surface area contributed by atoms with Crippen LogP contribution in [0.4, 0.5) is 13.2 Å². The lowest BCUT2D eigenvalue weighted by Crippen LogP contribution is -2.51. The molecule has 0 aromatic carbocycles. The maximum Gasteiger partial charge on any atom is 0.389 e. The van der Waals surface area contributed by atoms with Crippen LogP contribution in [0, 0.1) is 29.1 Å². The Bertz CT molecular complexity index is 1040. The molecule has 178 valence electrons. The van der Waals surface area contributed by atoms with Gasteiger partial charge in [-0.1, -0.05) is 6.07 Å². The summed E-state index contributed by atoms with van der Waals surface area (Å²) in [6, 6.07) is 4.98. The fourth-order valence-corrected chi connectivity index (χ4v) is 6.99. The molecule has 4 bridgehead atoms. The van der Waals surface area contributed by atoms with Crippen molar-refractivity contribution in [2.24, 2.45) is 29.1 Å². The van der Waals surface area contributed by atoms with Crippen LogP contribution in [0.5, 0.6) is 0 Å². The second-order valence-corrected chi connectivity index (χ2v) is 10.5. The monoisotopic (exact) mass is 463 g/mol. The number of alkyl halides is 3. The summed E-state index contributed by atoms with van der Waals surface area (Å²) in [5, 5.41) is 12.3. The number of nitrogens with one attached hydrogen (secondary N) is 1. The molecule has 33 heavy (non-hydrogen) atoms. The standard InChI is InChI=1S/C24H28F3N3O3/c25-24(26,27)11-17(22(32)33)7-18-12-30-19(2-1-3-20(30)29-18)21(31)28-13-23-8-14-4-15(9-23)6-16(5-14)10-23/h1-3,12,14-17H,4-11,13H2,(H,28,31)(H,32,33). The van der Waals surface area contributed by atoms with Crippen LogP contribution in [0.3, 0.4) is 0 Å². The zero-order valence-electron chi connectivity index (χ0n) is 18.3. The quantitative estimate of drug-likeness (QED) is 0.634. The van der Waals surface area contributed by atoms with Crippen molar-refractivity contribution in [3.63, 3.8) is 0 Å². The van der Waals surface area contributed by atoms with Crippen LogP contribution in [0.1, 0.15) is 61.1 Å². The number of carboxylic acids is 1. The molecule has 4 saturated carbocycles. The van der Waals surface area contributed by atoms with Crippen LogP contribution < -0.4 is 5.32 Å². The van der Waals surface area contributed by atoms with Gasteiger partial charge in [-0.2, -0.15) is 13.2 Å². The number of rotatable bonds is 7. The van der Waals surface area contributed by atoms with Gasteiger partial charge in [0.15, 0.2) is 0 Å². The summed E-state index contributed by atoms with van der Waals surface area (Å²) < 4.78 is 39.8. The van der Waals surface area contributed by atoms with Crippen molar-refractivity contribution in [1.82, 2.24) is 14.7 Å². The van der Waals surface area contributed by atoms with Crippen LogP contribution in [-0.2, 0) is 11.2 Å². The van der Waals surface area contributed by atoms with E-state index in [-0.39, 0.29) is 23.4 Å². The van der Waals surface area contributed by atoms with Gasteiger partial charge in [0, 0.05) is 19.2 Å². The topological polar surface area (TPSA) is 83.7 Å². The van der Waals surface area contributed by atoms with E-state index in [4.69, 9.17) is 0 Å².